The first kappa shape index (κ1) is 19.1. The van der Waals surface area contributed by atoms with Gasteiger partial charge in [0.15, 0.2) is 0 Å². The molecule has 2 rings (SSSR count). The van der Waals surface area contributed by atoms with Gasteiger partial charge in [0.05, 0.1) is 11.6 Å². The highest BCUT2D eigenvalue weighted by Gasteiger charge is 2.35. The van der Waals surface area contributed by atoms with Crippen molar-refractivity contribution < 1.29 is 19.0 Å². The van der Waals surface area contributed by atoms with Crippen LogP contribution in [0.2, 0.25) is 5.02 Å². The molecule has 0 aliphatic carbocycles. The number of hydrogen-bond donors (Lipinski definition) is 1. The number of likely N-dealkylation sites (tertiary alicyclic amines) is 1. The van der Waals surface area contributed by atoms with E-state index in [4.69, 9.17) is 16.3 Å². The predicted octanol–water partition coefficient (Wildman–Crippen LogP) is 1.74. The van der Waals surface area contributed by atoms with Crippen LogP contribution in [0.3, 0.4) is 0 Å². The van der Waals surface area contributed by atoms with Crippen molar-refractivity contribution in [3.63, 3.8) is 0 Å². The smallest absolute Gasteiger partial charge is 0.253 e. The topological polar surface area (TPSA) is 53.0 Å². The molecule has 0 spiro atoms. The first-order valence-electron chi connectivity index (χ1n) is 7.99. The molecular weight excluding hydrogens is 335 g/mol. The number of rotatable bonds is 7. The Bertz CT molecular complexity index is 573. The summed E-state index contributed by atoms with van der Waals surface area (Å²) in [7, 11) is 3.66. The number of hydrogen-bond acceptors (Lipinski definition) is 4. The maximum Gasteiger partial charge on any atom is 0.253 e. The number of halogens is 2. The second-order valence-corrected chi connectivity index (χ2v) is 6.70. The minimum atomic E-state index is -0.541. The lowest BCUT2D eigenvalue weighted by Gasteiger charge is -2.23. The van der Waals surface area contributed by atoms with Gasteiger partial charge in [-0.25, -0.2) is 4.39 Å². The summed E-state index contributed by atoms with van der Waals surface area (Å²) in [5.41, 5.74) is 0.367. The number of likely N-dealkylation sites (N-methyl/N-ethyl adjacent to an activating group) is 1. The van der Waals surface area contributed by atoms with Crippen LogP contribution in [0.25, 0.3) is 0 Å². The lowest BCUT2D eigenvalue weighted by atomic mass is 9.96. The number of benzene rings is 1. The highest BCUT2D eigenvalue weighted by atomic mass is 35.5. The van der Waals surface area contributed by atoms with E-state index in [0.717, 1.165) is 13.1 Å². The molecule has 2 atom stereocenters. The monoisotopic (exact) mass is 358 g/mol. The zero-order valence-electron chi connectivity index (χ0n) is 14.0. The first-order valence-corrected chi connectivity index (χ1v) is 8.36. The Labute approximate surface area is 146 Å². The van der Waals surface area contributed by atoms with Gasteiger partial charge in [-0.2, -0.15) is 0 Å². The second-order valence-electron chi connectivity index (χ2n) is 6.30. The molecule has 134 valence electrons. The van der Waals surface area contributed by atoms with Crippen LogP contribution in [0.4, 0.5) is 4.39 Å². The average molecular weight is 359 g/mol. The fourth-order valence-electron chi connectivity index (χ4n) is 3.07. The van der Waals surface area contributed by atoms with E-state index < -0.39 is 5.82 Å². The Morgan fingerprint density at radius 2 is 2.17 bits per heavy atom. The van der Waals surface area contributed by atoms with Gasteiger partial charge in [-0.15, -0.1) is 0 Å². The summed E-state index contributed by atoms with van der Waals surface area (Å²) >= 11 is 5.76. The zero-order valence-corrected chi connectivity index (χ0v) is 14.8. The normalized spacial score (nSPS) is 20.8. The lowest BCUT2D eigenvalue weighted by Crippen LogP contribution is -2.33. The van der Waals surface area contributed by atoms with Gasteiger partial charge in [-0.05, 0) is 31.2 Å². The van der Waals surface area contributed by atoms with Gasteiger partial charge in [0.1, 0.15) is 5.82 Å². The van der Waals surface area contributed by atoms with Crippen LogP contribution in [-0.2, 0) is 4.74 Å². The van der Waals surface area contributed by atoms with Crippen molar-refractivity contribution in [2.45, 2.75) is 0 Å². The van der Waals surface area contributed by atoms with E-state index in [2.05, 4.69) is 4.90 Å². The molecule has 0 bridgehead atoms. The van der Waals surface area contributed by atoms with Crippen molar-refractivity contribution in [1.82, 2.24) is 9.80 Å². The summed E-state index contributed by atoms with van der Waals surface area (Å²) in [5, 5.41) is 9.56. The van der Waals surface area contributed by atoms with E-state index in [0.29, 0.717) is 25.3 Å². The van der Waals surface area contributed by atoms with E-state index in [-0.39, 0.29) is 29.4 Å². The molecule has 5 nitrogen and oxygen atoms in total. The molecule has 1 aromatic carbocycles. The third-order valence-electron chi connectivity index (χ3n) is 4.49. The van der Waals surface area contributed by atoms with Gasteiger partial charge >= 0.3 is 0 Å². The molecule has 0 unspecified atom stereocenters. The van der Waals surface area contributed by atoms with Crippen LogP contribution in [-0.4, -0.2) is 74.4 Å². The fraction of sp³-hybridized carbons (Fsp3) is 0.588. The Balaban J connectivity index is 2.01. The third-order valence-corrected chi connectivity index (χ3v) is 4.78. The number of carbonyl (C=O) groups excluding carboxylic acids is 1. The Hall–Kier alpha value is -1.21. The van der Waals surface area contributed by atoms with Gasteiger partial charge in [-0.1, -0.05) is 11.6 Å². The van der Waals surface area contributed by atoms with Crippen molar-refractivity contribution >= 4 is 17.5 Å². The molecule has 24 heavy (non-hydrogen) atoms. The molecule has 1 aliphatic heterocycles. The number of carbonyl (C=O) groups is 1. The van der Waals surface area contributed by atoms with Crippen LogP contribution in [0.1, 0.15) is 10.4 Å². The van der Waals surface area contributed by atoms with Gasteiger partial charge < -0.3 is 19.6 Å². The number of aliphatic hydroxyl groups is 1. The molecule has 1 aliphatic rings. The molecule has 0 aromatic heterocycles. The van der Waals surface area contributed by atoms with E-state index in [9.17, 15) is 14.3 Å². The van der Waals surface area contributed by atoms with Crippen molar-refractivity contribution in [2.75, 3.05) is 53.6 Å². The standard InChI is InChI=1S/C17H24ClFN2O3/c1-20(5-6-24-2)8-13-9-21(10-14(13)11-22)17(23)12-3-4-16(19)15(18)7-12/h3-4,7,13-14,22H,5-6,8-11H2,1-2H3/t13-,14-/m1/s1. The molecule has 1 N–H and O–H groups in total. The lowest BCUT2D eigenvalue weighted by molar-refractivity contribution is 0.0778. The third kappa shape index (κ3) is 4.66. The minimum absolute atomic E-state index is 0.0369. The SMILES string of the molecule is COCCN(C)C[C@@H]1CN(C(=O)c2ccc(F)c(Cl)c2)C[C@@H]1CO. The quantitative estimate of drug-likeness (QED) is 0.806. The number of nitrogens with zero attached hydrogens (tertiary/aromatic N) is 2. The Morgan fingerprint density at radius 3 is 2.79 bits per heavy atom. The van der Waals surface area contributed by atoms with E-state index >= 15 is 0 Å². The first-order chi connectivity index (χ1) is 11.5. The summed E-state index contributed by atoms with van der Waals surface area (Å²) in [6.07, 6.45) is 0. The molecule has 1 heterocycles. The molecule has 7 heteroatoms. The number of amides is 1. The van der Waals surface area contributed by atoms with Gasteiger partial charge in [-0.3, -0.25) is 4.79 Å². The number of aliphatic hydroxyl groups excluding tert-OH is 1. The summed E-state index contributed by atoms with van der Waals surface area (Å²) in [6, 6.07) is 3.99. The van der Waals surface area contributed by atoms with E-state index in [1.54, 1.807) is 12.0 Å². The molecule has 1 fully saturated rings. The van der Waals surface area contributed by atoms with Crippen molar-refractivity contribution in [3.8, 4) is 0 Å². The Kier molecular flexibility index (Phi) is 6.98. The number of ether oxygens (including phenoxy) is 1. The highest BCUT2D eigenvalue weighted by Crippen LogP contribution is 2.26. The maximum absolute atomic E-state index is 13.3. The Morgan fingerprint density at radius 1 is 1.46 bits per heavy atom. The molecule has 0 saturated carbocycles. The zero-order chi connectivity index (χ0) is 17.7. The number of methoxy groups -OCH3 is 1. The van der Waals surface area contributed by atoms with Crippen LogP contribution < -0.4 is 0 Å². The predicted molar refractivity (Wildman–Crippen MR) is 90.8 cm³/mol. The molecular formula is C17H24ClFN2O3. The minimum Gasteiger partial charge on any atom is -0.396 e. The van der Waals surface area contributed by atoms with Gasteiger partial charge in [0, 0.05) is 51.4 Å². The van der Waals surface area contributed by atoms with Crippen molar-refractivity contribution in [2.24, 2.45) is 11.8 Å². The van der Waals surface area contributed by atoms with Crippen molar-refractivity contribution in [1.29, 1.82) is 0 Å². The second kappa shape index (κ2) is 8.76. The maximum atomic E-state index is 13.3. The van der Waals surface area contributed by atoms with Gasteiger partial charge in [0.2, 0.25) is 0 Å². The van der Waals surface area contributed by atoms with E-state index in [1.807, 2.05) is 7.05 Å². The summed E-state index contributed by atoms with van der Waals surface area (Å²) < 4.78 is 18.3. The van der Waals surface area contributed by atoms with Crippen LogP contribution in [0, 0.1) is 17.7 Å². The average Bonchev–Trinajstić information content (AvgIpc) is 2.97. The van der Waals surface area contributed by atoms with Gasteiger partial charge in [0.25, 0.3) is 5.91 Å². The molecule has 0 radical (unpaired) electrons. The molecule has 1 amide bonds. The fourth-order valence-corrected chi connectivity index (χ4v) is 3.25. The van der Waals surface area contributed by atoms with Crippen LogP contribution in [0.5, 0.6) is 0 Å². The molecule has 1 saturated heterocycles. The largest absolute Gasteiger partial charge is 0.396 e. The highest BCUT2D eigenvalue weighted by molar-refractivity contribution is 6.31. The van der Waals surface area contributed by atoms with E-state index in [1.165, 1.54) is 18.2 Å². The molecule has 1 aromatic rings. The summed E-state index contributed by atoms with van der Waals surface area (Å²) in [5.74, 6) is -0.496. The van der Waals surface area contributed by atoms with Crippen molar-refractivity contribution in [3.05, 3.63) is 34.6 Å². The van der Waals surface area contributed by atoms with Crippen LogP contribution >= 0.6 is 11.6 Å². The summed E-state index contributed by atoms with van der Waals surface area (Å²) in [6.45, 7) is 3.32. The summed E-state index contributed by atoms with van der Waals surface area (Å²) in [4.78, 5) is 16.5. The van der Waals surface area contributed by atoms with Crippen LogP contribution in [0.15, 0.2) is 18.2 Å².